The molecule has 0 radical (unpaired) electrons. The maximum absolute atomic E-state index is 12.9. The van der Waals surface area contributed by atoms with Crippen molar-refractivity contribution in [3.8, 4) is 11.5 Å². The average molecular weight is 396 g/mol. The Kier molecular flexibility index (Phi) is 6.75. The predicted octanol–water partition coefficient (Wildman–Crippen LogP) is 2.49. The predicted molar refractivity (Wildman–Crippen MR) is 99.0 cm³/mol. The number of nitrogens with one attached hydrogen (secondary N) is 1. The molecule has 0 aliphatic carbocycles. The van der Waals surface area contributed by atoms with Crippen molar-refractivity contribution < 1.29 is 27.1 Å². The van der Waals surface area contributed by atoms with E-state index in [-0.39, 0.29) is 22.9 Å². The van der Waals surface area contributed by atoms with E-state index in [1.165, 1.54) is 56.6 Å². The van der Waals surface area contributed by atoms with E-state index in [4.69, 9.17) is 9.47 Å². The summed E-state index contributed by atoms with van der Waals surface area (Å²) in [5.74, 6) is -0.353. The van der Waals surface area contributed by atoms with Crippen molar-refractivity contribution in [2.45, 2.75) is 11.8 Å². The van der Waals surface area contributed by atoms with Crippen LogP contribution >= 0.6 is 0 Å². The number of hydrogen-bond acceptors (Lipinski definition) is 5. The molecule has 0 aliphatic heterocycles. The summed E-state index contributed by atoms with van der Waals surface area (Å²) in [7, 11) is -0.938. The molecule has 1 amide bonds. The fourth-order valence-corrected chi connectivity index (χ4v) is 3.19. The van der Waals surface area contributed by atoms with Crippen LogP contribution in [-0.2, 0) is 14.8 Å². The maximum atomic E-state index is 12.9. The van der Waals surface area contributed by atoms with Crippen LogP contribution in [0.5, 0.6) is 11.5 Å². The lowest BCUT2D eigenvalue weighted by Crippen LogP contribution is -2.24. The van der Waals surface area contributed by atoms with E-state index in [9.17, 15) is 17.6 Å². The molecule has 2 aromatic carbocycles. The van der Waals surface area contributed by atoms with E-state index in [1.807, 2.05) is 0 Å². The first-order chi connectivity index (χ1) is 12.7. The highest BCUT2D eigenvalue weighted by molar-refractivity contribution is 7.89. The summed E-state index contributed by atoms with van der Waals surface area (Å²) >= 11 is 0. The number of amides is 1. The van der Waals surface area contributed by atoms with Crippen LogP contribution < -0.4 is 14.8 Å². The van der Waals surface area contributed by atoms with Crippen molar-refractivity contribution >= 4 is 21.6 Å². The first kappa shape index (κ1) is 20.7. The van der Waals surface area contributed by atoms with Crippen molar-refractivity contribution in [2.75, 3.05) is 32.6 Å². The first-order valence-corrected chi connectivity index (χ1v) is 9.55. The van der Waals surface area contributed by atoms with Crippen molar-refractivity contribution in [1.82, 2.24) is 4.31 Å². The lowest BCUT2D eigenvalue weighted by molar-refractivity contribution is -0.118. The van der Waals surface area contributed by atoms with Crippen LogP contribution in [0.1, 0.15) is 6.92 Å². The number of rotatable bonds is 8. The Morgan fingerprint density at radius 3 is 2.37 bits per heavy atom. The minimum atomic E-state index is -3.76. The molecule has 0 saturated heterocycles. The summed E-state index contributed by atoms with van der Waals surface area (Å²) in [6.07, 6.45) is 0. The van der Waals surface area contributed by atoms with E-state index >= 15 is 0 Å². The van der Waals surface area contributed by atoms with Gasteiger partial charge in [-0.05, 0) is 49.4 Å². The SMILES string of the molecule is CCOc1ccc(NC(=O)COc2ccc(F)cc2)cc1S(=O)(=O)N(C)C. The number of hydrogen-bond donors (Lipinski definition) is 1. The van der Waals surface area contributed by atoms with Crippen LogP contribution in [0.2, 0.25) is 0 Å². The molecule has 0 heterocycles. The Morgan fingerprint density at radius 2 is 1.78 bits per heavy atom. The number of anilines is 1. The monoisotopic (exact) mass is 396 g/mol. The van der Waals surface area contributed by atoms with E-state index in [1.54, 1.807) is 6.92 Å². The zero-order valence-electron chi connectivity index (χ0n) is 15.2. The highest BCUT2D eigenvalue weighted by Gasteiger charge is 2.23. The molecular formula is C18H21FN2O5S. The van der Waals surface area contributed by atoms with Crippen LogP contribution in [0.25, 0.3) is 0 Å². The highest BCUT2D eigenvalue weighted by atomic mass is 32.2. The second-order valence-electron chi connectivity index (χ2n) is 5.67. The van der Waals surface area contributed by atoms with E-state index in [2.05, 4.69) is 5.32 Å². The van der Waals surface area contributed by atoms with Gasteiger partial charge >= 0.3 is 0 Å². The quantitative estimate of drug-likeness (QED) is 0.741. The van der Waals surface area contributed by atoms with Crippen molar-refractivity contribution in [2.24, 2.45) is 0 Å². The van der Waals surface area contributed by atoms with Crippen LogP contribution in [0, 0.1) is 5.82 Å². The fourth-order valence-electron chi connectivity index (χ4n) is 2.14. The molecule has 0 bridgehead atoms. The summed E-state index contributed by atoms with van der Waals surface area (Å²) in [4.78, 5) is 12.0. The largest absolute Gasteiger partial charge is 0.492 e. The number of halogens is 1. The van der Waals surface area contributed by atoms with Crippen molar-refractivity contribution in [3.05, 3.63) is 48.3 Å². The third kappa shape index (κ3) is 5.41. The van der Waals surface area contributed by atoms with Gasteiger partial charge in [0.15, 0.2) is 6.61 Å². The lowest BCUT2D eigenvalue weighted by atomic mass is 10.3. The van der Waals surface area contributed by atoms with Crippen LogP contribution in [0.15, 0.2) is 47.4 Å². The normalized spacial score (nSPS) is 11.3. The van der Waals surface area contributed by atoms with Gasteiger partial charge in [-0.1, -0.05) is 0 Å². The Labute approximate surface area is 157 Å². The summed E-state index contributed by atoms with van der Waals surface area (Å²) < 4.78 is 49.5. The Bertz CT molecular complexity index is 898. The second kappa shape index (κ2) is 8.83. The van der Waals surface area contributed by atoms with Gasteiger partial charge in [0.1, 0.15) is 22.2 Å². The Balaban J connectivity index is 2.13. The molecule has 9 heteroatoms. The van der Waals surface area contributed by atoms with Crippen molar-refractivity contribution in [1.29, 1.82) is 0 Å². The minimum absolute atomic E-state index is 0.0494. The number of ether oxygens (including phenoxy) is 2. The van der Waals surface area contributed by atoms with Crippen molar-refractivity contribution in [3.63, 3.8) is 0 Å². The maximum Gasteiger partial charge on any atom is 0.262 e. The van der Waals surface area contributed by atoms with Gasteiger partial charge in [0.05, 0.1) is 6.61 Å². The summed E-state index contributed by atoms with van der Waals surface area (Å²) in [5.41, 5.74) is 0.284. The molecule has 1 N–H and O–H groups in total. The van der Waals surface area contributed by atoms with Crippen LogP contribution in [-0.4, -0.2) is 45.9 Å². The van der Waals surface area contributed by atoms with E-state index in [0.717, 1.165) is 4.31 Å². The summed E-state index contributed by atoms with van der Waals surface area (Å²) in [5, 5.41) is 2.57. The zero-order chi connectivity index (χ0) is 20.0. The Hall–Kier alpha value is -2.65. The molecule has 0 unspecified atom stereocenters. The standard InChI is InChI=1S/C18H21FN2O5S/c1-4-25-16-10-7-14(11-17(16)27(23,24)21(2)3)20-18(22)12-26-15-8-5-13(19)6-9-15/h5-11H,4,12H2,1-3H3,(H,20,22). The fraction of sp³-hybridized carbons (Fsp3) is 0.278. The van der Waals surface area contributed by atoms with Gasteiger partial charge in [-0.15, -0.1) is 0 Å². The second-order valence-corrected chi connectivity index (χ2v) is 7.79. The number of carbonyl (C=O) groups is 1. The molecule has 146 valence electrons. The molecule has 0 saturated carbocycles. The lowest BCUT2D eigenvalue weighted by Gasteiger charge is -2.16. The topological polar surface area (TPSA) is 84.9 Å². The van der Waals surface area contributed by atoms with Gasteiger partial charge in [-0.2, -0.15) is 0 Å². The zero-order valence-corrected chi connectivity index (χ0v) is 16.0. The van der Waals surface area contributed by atoms with Gasteiger partial charge in [0.2, 0.25) is 10.0 Å². The molecule has 2 aromatic rings. The van der Waals surface area contributed by atoms with Gasteiger partial charge in [-0.25, -0.2) is 17.1 Å². The van der Waals surface area contributed by atoms with Gasteiger partial charge in [0.25, 0.3) is 5.91 Å². The molecule has 0 atom stereocenters. The van der Waals surface area contributed by atoms with Crippen LogP contribution in [0.4, 0.5) is 10.1 Å². The third-order valence-electron chi connectivity index (χ3n) is 3.47. The molecule has 27 heavy (non-hydrogen) atoms. The van der Waals surface area contributed by atoms with E-state index in [0.29, 0.717) is 12.4 Å². The van der Waals surface area contributed by atoms with E-state index < -0.39 is 21.7 Å². The van der Waals surface area contributed by atoms with Gasteiger partial charge in [0, 0.05) is 19.8 Å². The Morgan fingerprint density at radius 1 is 1.11 bits per heavy atom. The minimum Gasteiger partial charge on any atom is -0.492 e. The first-order valence-electron chi connectivity index (χ1n) is 8.11. The number of sulfonamides is 1. The molecule has 2 rings (SSSR count). The molecule has 0 spiro atoms. The average Bonchev–Trinajstić information content (AvgIpc) is 2.62. The molecular weight excluding hydrogens is 375 g/mol. The number of nitrogens with zero attached hydrogens (tertiary/aromatic N) is 1. The van der Waals surface area contributed by atoms with Crippen LogP contribution in [0.3, 0.4) is 0 Å². The molecule has 0 aliphatic rings. The molecule has 0 fully saturated rings. The highest BCUT2D eigenvalue weighted by Crippen LogP contribution is 2.29. The van der Waals surface area contributed by atoms with Gasteiger partial charge in [-0.3, -0.25) is 4.79 Å². The summed E-state index contributed by atoms with van der Waals surface area (Å²) in [6.45, 7) is 1.73. The third-order valence-corrected chi connectivity index (χ3v) is 5.31. The molecule has 0 aromatic heterocycles. The number of carbonyl (C=O) groups excluding carboxylic acids is 1. The van der Waals surface area contributed by atoms with Gasteiger partial charge < -0.3 is 14.8 Å². The number of benzene rings is 2. The smallest absolute Gasteiger partial charge is 0.262 e. The summed E-state index contributed by atoms with van der Waals surface area (Å²) in [6, 6.07) is 9.60. The molecule has 7 nitrogen and oxygen atoms in total.